The van der Waals surface area contributed by atoms with Crippen LogP contribution in [0.5, 0.6) is 11.5 Å². The van der Waals surface area contributed by atoms with Gasteiger partial charge in [-0.05, 0) is 41.0 Å². The zero-order chi connectivity index (χ0) is 20.6. The van der Waals surface area contributed by atoms with Crippen LogP contribution in [0.2, 0.25) is 0 Å². The smallest absolute Gasteiger partial charge is 0.119 e. The Bertz CT molecular complexity index is 720. The van der Waals surface area contributed by atoms with Gasteiger partial charge in [-0.1, -0.05) is 102 Å². The molecule has 0 aliphatic rings. The van der Waals surface area contributed by atoms with Crippen LogP contribution in [0.1, 0.15) is 16.7 Å². The summed E-state index contributed by atoms with van der Waals surface area (Å²) in [4.78, 5) is 0. The summed E-state index contributed by atoms with van der Waals surface area (Å²) in [6.07, 6.45) is 0. The van der Waals surface area contributed by atoms with E-state index in [-0.39, 0.29) is 0 Å². The predicted molar refractivity (Wildman–Crippen MR) is 130 cm³/mol. The Morgan fingerprint density at radius 2 is 1.04 bits per heavy atom. The van der Waals surface area contributed by atoms with Crippen molar-refractivity contribution in [1.29, 1.82) is 0 Å². The molecular weight excluding hydrogens is 548 g/mol. The Balaban J connectivity index is 0.000000212. The van der Waals surface area contributed by atoms with E-state index in [4.69, 9.17) is 9.47 Å². The van der Waals surface area contributed by atoms with E-state index in [1.54, 1.807) is 14.2 Å². The van der Waals surface area contributed by atoms with Gasteiger partial charge in [0.1, 0.15) is 11.5 Å². The summed E-state index contributed by atoms with van der Waals surface area (Å²) in [6.45, 7) is 0. The molecule has 2 nitrogen and oxygen atoms in total. The van der Waals surface area contributed by atoms with Gasteiger partial charge in [0, 0.05) is 16.0 Å². The minimum Gasteiger partial charge on any atom is -0.497 e. The lowest BCUT2D eigenvalue weighted by atomic mass is 10.2. The van der Waals surface area contributed by atoms with Crippen LogP contribution in [0.4, 0.5) is 0 Å². The molecule has 0 amide bonds. The summed E-state index contributed by atoms with van der Waals surface area (Å²) in [5, 5.41) is 2.73. The summed E-state index contributed by atoms with van der Waals surface area (Å²) in [6, 6.07) is 26.2. The van der Waals surface area contributed by atoms with Gasteiger partial charge in [-0.25, -0.2) is 0 Å². The van der Waals surface area contributed by atoms with Crippen LogP contribution >= 0.6 is 47.8 Å². The lowest BCUT2D eigenvalue weighted by molar-refractivity contribution is 0.414. The van der Waals surface area contributed by atoms with Gasteiger partial charge in [0.15, 0.2) is 0 Å². The highest BCUT2D eigenvalue weighted by molar-refractivity contribution is 9.09. The van der Waals surface area contributed by atoms with Gasteiger partial charge in [0.2, 0.25) is 0 Å². The molecule has 0 aliphatic heterocycles. The second-order valence-corrected chi connectivity index (χ2v) is 7.27. The topological polar surface area (TPSA) is 18.5 Å². The van der Waals surface area contributed by atoms with Crippen molar-refractivity contribution in [2.45, 2.75) is 16.0 Å². The summed E-state index contributed by atoms with van der Waals surface area (Å²) >= 11 is 10.1. The van der Waals surface area contributed by atoms with E-state index in [9.17, 15) is 0 Å². The van der Waals surface area contributed by atoms with Crippen molar-refractivity contribution < 1.29 is 9.47 Å². The van der Waals surface area contributed by atoms with Gasteiger partial charge in [-0.15, -0.1) is 0 Å². The van der Waals surface area contributed by atoms with Gasteiger partial charge >= 0.3 is 0 Å². The first kappa shape index (κ1) is 24.7. The molecule has 0 aliphatic carbocycles. The number of hydrogen-bond acceptors (Lipinski definition) is 2. The summed E-state index contributed by atoms with van der Waals surface area (Å²) in [5.74, 6) is 1.82. The molecule has 0 saturated heterocycles. The van der Waals surface area contributed by atoms with E-state index in [2.05, 4.69) is 66.0 Å². The zero-order valence-corrected chi connectivity index (χ0v) is 20.8. The molecule has 28 heavy (non-hydrogen) atoms. The van der Waals surface area contributed by atoms with Crippen LogP contribution in [-0.2, 0) is 16.0 Å². The molecule has 0 spiro atoms. The van der Waals surface area contributed by atoms with Crippen LogP contribution in [0.25, 0.3) is 0 Å². The maximum absolute atomic E-state index is 5.04. The fraction of sp³-hybridized carbons (Fsp3) is 0.217. The minimum absolute atomic E-state index is 0.879. The van der Waals surface area contributed by atoms with Crippen LogP contribution in [0.15, 0.2) is 78.9 Å². The number of benzene rings is 3. The molecule has 150 valence electrons. The molecule has 5 heteroatoms. The van der Waals surface area contributed by atoms with E-state index >= 15 is 0 Å². The second kappa shape index (κ2) is 15.6. The molecule has 0 aromatic heterocycles. The van der Waals surface area contributed by atoms with Crippen molar-refractivity contribution >= 4 is 47.8 Å². The molecule has 0 radical (unpaired) electrons. The van der Waals surface area contributed by atoms with Crippen LogP contribution < -0.4 is 9.47 Å². The van der Waals surface area contributed by atoms with E-state index in [0.717, 1.165) is 27.5 Å². The van der Waals surface area contributed by atoms with Crippen molar-refractivity contribution in [3.63, 3.8) is 0 Å². The fourth-order valence-electron chi connectivity index (χ4n) is 2.04. The molecule has 0 N–H and O–H groups in total. The average Bonchev–Trinajstić information content (AvgIpc) is 2.80. The van der Waals surface area contributed by atoms with Gasteiger partial charge in [-0.2, -0.15) is 0 Å². The normalized spacial score (nSPS) is 9.32. The lowest BCUT2D eigenvalue weighted by Crippen LogP contribution is -1.83. The molecule has 3 aromatic carbocycles. The van der Waals surface area contributed by atoms with Crippen molar-refractivity contribution in [2.75, 3.05) is 14.2 Å². The van der Waals surface area contributed by atoms with Gasteiger partial charge in [-0.3, -0.25) is 0 Å². The van der Waals surface area contributed by atoms with Gasteiger partial charge in [0.25, 0.3) is 0 Å². The highest BCUT2D eigenvalue weighted by Gasteiger charge is 1.91. The number of hydrogen-bond donors (Lipinski definition) is 0. The van der Waals surface area contributed by atoms with Crippen LogP contribution in [-0.4, -0.2) is 14.2 Å². The van der Waals surface area contributed by atoms with Crippen molar-refractivity contribution in [3.05, 3.63) is 95.6 Å². The summed E-state index contributed by atoms with van der Waals surface area (Å²) < 4.78 is 10.0. The number of methoxy groups -OCH3 is 2. The quantitative estimate of drug-likeness (QED) is 0.291. The number of rotatable bonds is 5. The van der Waals surface area contributed by atoms with Gasteiger partial charge in [0.05, 0.1) is 14.2 Å². The van der Waals surface area contributed by atoms with Crippen molar-refractivity contribution in [1.82, 2.24) is 0 Å². The molecule has 0 heterocycles. The lowest BCUT2D eigenvalue weighted by Gasteiger charge is -1.99. The Morgan fingerprint density at radius 3 is 1.50 bits per heavy atom. The van der Waals surface area contributed by atoms with Gasteiger partial charge < -0.3 is 9.47 Å². The largest absolute Gasteiger partial charge is 0.497 e. The molecule has 3 rings (SSSR count). The van der Waals surface area contributed by atoms with Crippen LogP contribution in [0.3, 0.4) is 0 Å². The first-order valence-electron chi connectivity index (χ1n) is 8.64. The molecule has 0 bridgehead atoms. The Kier molecular flexibility index (Phi) is 13.8. The Labute approximate surface area is 193 Å². The molecule has 0 atom stereocenters. The number of halogens is 3. The molecule has 0 fully saturated rings. The molecule has 0 saturated carbocycles. The Hall–Kier alpha value is -1.30. The van der Waals surface area contributed by atoms with E-state index < -0.39 is 0 Å². The third-order valence-electron chi connectivity index (χ3n) is 3.60. The molecule has 0 unspecified atom stereocenters. The predicted octanol–water partition coefficient (Wildman–Crippen LogP) is 7.76. The summed E-state index contributed by atoms with van der Waals surface area (Å²) in [7, 11) is 3.34. The number of ether oxygens (including phenoxy) is 2. The number of alkyl halides is 3. The fourth-order valence-corrected chi connectivity index (χ4v) is 3.13. The van der Waals surface area contributed by atoms with Crippen molar-refractivity contribution in [3.8, 4) is 11.5 Å². The summed E-state index contributed by atoms with van der Waals surface area (Å²) in [5.41, 5.74) is 3.83. The van der Waals surface area contributed by atoms with Crippen molar-refractivity contribution in [2.24, 2.45) is 0 Å². The van der Waals surface area contributed by atoms with E-state index in [1.165, 1.54) is 16.7 Å². The third kappa shape index (κ3) is 10.3. The van der Waals surface area contributed by atoms with Crippen LogP contribution in [0, 0.1) is 0 Å². The standard InChI is InChI=1S/2C8H9BrO.C7H7Br/c1-10-8-4-2-7(6-9)3-5-8;1-10-8-4-2-3-7(5-8)6-9;8-6-7-4-2-1-3-5-7/h2*2-5H,6H2,1H3;1-5H,6H2. The minimum atomic E-state index is 0.879. The molecule has 3 aromatic rings. The maximum Gasteiger partial charge on any atom is 0.119 e. The molecular formula is C23H25Br3O2. The maximum atomic E-state index is 5.04. The second-order valence-electron chi connectivity index (χ2n) is 5.59. The average molecular weight is 573 g/mol. The highest BCUT2D eigenvalue weighted by Crippen LogP contribution is 2.14. The zero-order valence-electron chi connectivity index (χ0n) is 16.1. The third-order valence-corrected chi connectivity index (χ3v) is 5.54. The van der Waals surface area contributed by atoms with E-state index in [0.29, 0.717) is 0 Å². The SMILES string of the molecule is BrCc1ccccc1.COc1ccc(CBr)cc1.COc1cccc(CBr)c1. The first-order valence-corrected chi connectivity index (χ1v) is 12.0. The first-order chi connectivity index (χ1) is 13.7. The Morgan fingerprint density at radius 1 is 0.536 bits per heavy atom. The van der Waals surface area contributed by atoms with E-state index in [1.807, 2.05) is 60.7 Å². The highest BCUT2D eigenvalue weighted by atomic mass is 79.9. The monoisotopic (exact) mass is 570 g/mol.